The van der Waals surface area contributed by atoms with Crippen LogP contribution in [0, 0.1) is 0 Å². The van der Waals surface area contributed by atoms with Crippen LogP contribution >= 0.6 is 0 Å². The quantitative estimate of drug-likeness (QED) is 0.782. The smallest absolute Gasteiger partial charge is 0.329 e. The molecule has 1 aromatic carbocycles. The highest BCUT2D eigenvalue weighted by Crippen LogP contribution is 2.29. The van der Waals surface area contributed by atoms with Crippen LogP contribution < -0.4 is 0 Å². The Morgan fingerprint density at radius 2 is 1.77 bits per heavy atom. The molecule has 0 spiro atoms. The van der Waals surface area contributed by atoms with Crippen LogP contribution in [0.15, 0.2) is 24.3 Å². The Morgan fingerprint density at radius 1 is 1.23 bits per heavy atom. The molecule has 1 saturated heterocycles. The molecule has 2 heterocycles. The number of benzene rings is 1. The van der Waals surface area contributed by atoms with Crippen molar-refractivity contribution in [3.8, 4) is 0 Å². The largest absolute Gasteiger partial charge is 0.480 e. The van der Waals surface area contributed by atoms with Gasteiger partial charge >= 0.3 is 5.97 Å². The first-order chi connectivity index (χ1) is 10.4. The van der Waals surface area contributed by atoms with Gasteiger partial charge in [-0.25, -0.2) is 9.86 Å². The highest BCUT2D eigenvalue weighted by molar-refractivity contribution is 6.22. The standard InChI is InChI=1S/C14H12N2O6/c1-15-10(17)6-9(22-15)11(14(20)21)16-12(18)7-4-2-3-5-8(7)13(16)19/h2-5,9,11H,6H2,1H3,(H,20,21)/t9-,11-/m0/s1. The Balaban J connectivity index is 1.98. The van der Waals surface area contributed by atoms with Gasteiger partial charge in [0.1, 0.15) is 6.10 Å². The molecule has 0 unspecified atom stereocenters. The second-order valence-electron chi connectivity index (χ2n) is 5.05. The summed E-state index contributed by atoms with van der Waals surface area (Å²) in [6.45, 7) is 0. The zero-order chi connectivity index (χ0) is 16.0. The number of aliphatic carboxylic acids is 1. The van der Waals surface area contributed by atoms with Crippen molar-refractivity contribution in [3.63, 3.8) is 0 Å². The minimum absolute atomic E-state index is 0.149. The first-order valence-corrected chi connectivity index (χ1v) is 6.55. The predicted molar refractivity (Wildman–Crippen MR) is 70.6 cm³/mol. The van der Waals surface area contributed by atoms with Crippen LogP contribution in [-0.2, 0) is 14.4 Å². The van der Waals surface area contributed by atoms with E-state index < -0.39 is 35.8 Å². The molecular formula is C14H12N2O6. The number of rotatable bonds is 3. The van der Waals surface area contributed by atoms with Crippen molar-refractivity contribution in [3.05, 3.63) is 35.4 Å². The molecule has 3 rings (SSSR count). The molecular weight excluding hydrogens is 292 g/mol. The number of nitrogens with zero attached hydrogens (tertiary/aromatic N) is 2. The summed E-state index contributed by atoms with van der Waals surface area (Å²) in [6.07, 6.45) is -1.31. The fraction of sp³-hybridized carbons (Fsp3) is 0.286. The molecule has 2 atom stereocenters. The Kier molecular flexibility index (Phi) is 3.18. The maximum absolute atomic E-state index is 12.4. The second kappa shape index (κ2) is 4.92. The van der Waals surface area contributed by atoms with Gasteiger partial charge in [-0.3, -0.25) is 24.1 Å². The maximum Gasteiger partial charge on any atom is 0.329 e. The fourth-order valence-electron chi connectivity index (χ4n) is 2.67. The molecule has 0 saturated carbocycles. The van der Waals surface area contributed by atoms with E-state index in [1.165, 1.54) is 19.2 Å². The SMILES string of the molecule is CN1O[C@H]([C@@H](C(=O)O)N2C(=O)c3ccccc3C2=O)CC1=O. The molecule has 0 bridgehead atoms. The van der Waals surface area contributed by atoms with Crippen molar-refractivity contribution in [1.29, 1.82) is 0 Å². The summed E-state index contributed by atoms with van der Waals surface area (Å²) in [7, 11) is 1.35. The van der Waals surface area contributed by atoms with E-state index in [-0.39, 0.29) is 17.5 Å². The van der Waals surface area contributed by atoms with Crippen LogP contribution in [0.3, 0.4) is 0 Å². The number of imide groups is 1. The summed E-state index contributed by atoms with van der Waals surface area (Å²) in [6, 6.07) is 4.54. The third-order valence-electron chi connectivity index (χ3n) is 3.73. The van der Waals surface area contributed by atoms with Crippen LogP contribution in [0.2, 0.25) is 0 Å². The molecule has 0 aromatic heterocycles. The number of carboxylic acid groups (broad SMARTS) is 1. The second-order valence-corrected chi connectivity index (χ2v) is 5.05. The summed E-state index contributed by atoms with van der Waals surface area (Å²) in [5, 5.41) is 10.3. The van der Waals surface area contributed by atoms with Crippen molar-refractivity contribution in [2.75, 3.05) is 7.05 Å². The minimum Gasteiger partial charge on any atom is -0.480 e. The highest BCUT2D eigenvalue weighted by atomic mass is 16.7. The number of carbonyl (C=O) groups excluding carboxylic acids is 3. The number of carbonyl (C=O) groups is 4. The van der Waals surface area contributed by atoms with E-state index in [4.69, 9.17) is 4.84 Å². The van der Waals surface area contributed by atoms with Crippen molar-refractivity contribution in [1.82, 2.24) is 9.96 Å². The molecule has 22 heavy (non-hydrogen) atoms. The van der Waals surface area contributed by atoms with Gasteiger partial charge < -0.3 is 5.11 Å². The lowest BCUT2D eigenvalue weighted by Crippen LogP contribution is -2.51. The highest BCUT2D eigenvalue weighted by Gasteiger charge is 2.49. The first kappa shape index (κ1) is 14.2. The third-order valence-corrected chi connectivity index (χ3v) is 3.73. The van der Waals surface area contributed by atoms with Crippen molar-refractivity contribution >= 4 is 23.7 Å². The van der Waals surface area contributed by atoms with Gasteiger partial charge in [0.05, 0.1) is 17.5 Å². The average Bonchev–Trinajstić information content (AvgIpc) is 2.92. The van der Waals surface area contributed by atoms with E-state index in [0.717, 1.165) is 5.06 Å². The molecule has 1 fully saturated rings. The number of hydroxylamine groups is 2. The van der Waals surface area contributed by atoms with Gasteiger partial charge in [-0.15, -0.1) is 0 Å². The van der Waals surface area contributed by atoms with Gasteiger partial charge in [0.15, 0.2) is 6.04 Å². The summed E-state index contributed by atoms with van der Waals surface area (Å²) in [5.41, 5.74) is 0.299. The number of hydrogen-bond donors (Lipinski definition) is 1. The Labute approximate surface area is 124 Å². The molecule has 8 heteroatoms. The number of fused-ring (bicyclic) bond motifs is 1. The number of carboxylic acids is 1. The van der Waals surface area contributed by atoms with E-state index in [9.17, 15) is 24.3 Å². The Morgan fingerprint density at radius 3 is 2.18 bits per heavy atom. The molecule has 1 aromatic rings. The van der Waals surface area contributed by atoms with E-state index in [1.54, 1.807) is 12.1 Å². The molecule has 0 aliphatic carbocycles. The Hall–Kier alpha value is -2.74. The van der Waals surface area contributed by atoms with E-state index in [0.29, 0.717) is 4.90 Å². The molecule has 0 radical (unpaired) electrons. The first-order valence-electron chi connectivity index (χ1n) is 6.55. The lowest BCUT2D eigenvalue weighted by molar-refractivity contribution is -0.175. The topological polar surface area (TPSA) is 104 Å². The number of amides is 3. The molecule has 3 amide bonds. The lowest BCUT2D eigenvalue weighted by Gasteiger charge is -2.26. The van der Waals surface area contributed by atoms with E-state index in [1.807, 2.05) is 0 Å². The molecule has 8 nitrogen and oxygen atoms in total. The van der Waals surface area contributed by atoms with Gasteiger partial charge in [-0.05, 0) is 12.1 Å². The van der Waals surface area contributed by atoms with Gasteiger partial charge in [-0.1, -0.05) is 12.1 Å². The fourth-order valence-corrected chi connectivity index (χ4v) is 2.67. The monoisotopic (exact) mass is 304 g/mol. The Bertz CT molecular complexity index is 665. The van der Waals surface area contributed by atoms with Gasteiger partial charge in [-0.2, -0.15) is 0 Å². The van der Waals surface area contributed by atoms with Crippen molar-refractivity contribution < 1.29 is 29.1 Å². The molecule has 114 valence electrons. The zero-order valence-electron chi connectivity index (χ0n) is 11.6. The molecule has 2 aliphatic rings. The zero-order valence-corrected chi connectivity index (χ0v) is 11.6. The summed E-state index contributed by atoms with van der Waals surface area (Å²) in [4.78, 5) is 53.6. The van der Waals surface area contributed by atoms with Crippen LogP contribution in [0.5, 0.6) is 0 Å². The molecule has 1 N–H and O–H groups in total. The van der Waals surface area contributed by atoms with Crippen LogP contribution in [0.1, 0.15) is 27.1 Å². The van der Waals surface area contributed by atoms with Crippen molar-refractivity contribution in [2.45, 2.75) is 18.6 Å². The van der Waals surface area contributed by atoms with Gasteiger partial charge in [0, 0.05) is 7.05 Å². The summed E-state index contributed by atoms with van der Waals surface area (Å²) in [5.74, 6) is -3.20. The maximum atomic E-state index is 12.4. The predicted octanol–water partition coefficient (Wildman–Crippen LogP) is -0.102. The van der Waals surface area contributed by atoms with E-state index >= 15 is 0 Å². The van der Waals surface area contributed by atoms with Crippen LogP contribution in [0.4, 0.5) is 0 Å². The van der Waals surface area contributed by atoms with Crippen molar-refractivity contribution in [2.24, 2.45) is 0 Å². The van der Waals surface area contributed by atoms with E-state index in [2.05, 4.69) is 0 Å². The summed E-state index contributed by atoms with van der Waals surface area (Å²) >= 11 is 0. The van der Waals surface area contributed by atoms with Gasteiger partial charge in [0.25, 0.3) is 11.8 Å². The summed E-state index contributed by atoms with van der Waals surface area (Å²) < 4.78 is 0. The molecule has 2 aliphatic heterocycles. The lowest BCUT2D eigenvalue weighted by atomic mass is 10.1. The number of hydrogen-bond acceptors (Lipinski definition) is 5. The average molecular weight is 304 g/mol. The van der Waals surface area contributed by atoms with Crippen LogP contribution in [0.25, 0.3) is 0 Å². The minimum atomic E-state index is -1.55. The normalized spacial score (nSPS) is 22.2. The van der Waals surface area contributed by atoms with Gasteiger partial charge in [0.2, 0.25) is 5.91 Å². The van der Waals surface area contributed by atoms with Crippen LogP contribution in [-0.4, -0.2) is 58.0 Å². The third kappa shape index (κ3) is 1.96.